The zero-order chi connectivity index (χ0) is 15.5. The van der Waals surface area contributed by atoms with Crippen LogP contribution in [0.15, 0.2) is 18.2 Å². The second-order valence-corrected chi connectivity index (χ2v) is 7.26. The SMILES string of the molecule is CC(C)c1ccc2c(c1)C(N)C(CN1CCCCCC1)CO2. The van der Waals surface area contributed by atoms with Crippen molar-refractivity contribution in [3.8, 4) is 5.75 Å². The number of hydrogen-bond acceptors (Lipinski definition) is 3. The zero-order valence-corrected chi connectivity index (χ0v) is 14.1. The van der Waals surface area contributed by atoms with E-state index in [9.17, 15) is 0 Å². The molecule has 0 bridgehead atoms. The summed E-state index contributed by atoms with van der Waals surface area (Å²) in [5.41, 5.74) is 9.17. The zero-order valence-electron chi connectivity index (χ0n) is 14.1. The summed E-state index contributed by atoms with van der Waals surface area (Å²) in [5.74, 6) is 1.93. The first kappa shape index (κ1) is 15.8. The number of nitrogens with zero attached hydrogens (tertiary/aromatic N) is 1. The second kappa shape index (κ2) is 7.01. The normalized spacial score (nSPS) is 26.4. The maximum Gasteiger partial charge on any atom is 0.124 e. The van der Waals surface area contributed by atoms with Crippen LogP contribution in [0.4, 0.5) is 0 Å². The molecule has 1 aromatic carbocycles. The molecule has 0 amide bonds. The molecule has 3 heteroatoms. The van der Waals surface area contributed by atoms with E-state index in [4.69, 9.17) is 10.5 Å². The van der Waals surface area contributed by atoms with Gasteiger partial charge in [0, 0.05) is 24.1 Å². The average Bonchev–Trinajstić information content (AvgIpc) is 2.78. The number of benzene rings is 1. The number of rotatable bonds is 3. The van der Waals surface area contributed by atoms with Crippen LogP contribution in [0.2, 0.25) is 0 Å². The van der Waals surface area contributed by atoms with Gasteiger partial charge in [-0.05, 0) is 43.5 Å². The van der Waals surface area contributed by atoms with E-state index >= 15 is 0 Å². The summed E-state index contributed by atoms with van der Waals surface area (Å²) in [6.45, 7) is 8.74. The topological polar surface area (TPSA) is 38.5 Å². The number of hydrogen-bond donors (Lipinski definition) is 1. The molecule has 22 heavy (non-hydrogen) atoms. The van der Waals surface area contributed by atoms with E-state index in [-0.39, 0.29) is 6.04 Å². The molecule has 3 rings (SSSR count). The highest BCUT2D eigenvalue weighted by molar-refractivity contribution is 5.42. The van der Waals surface area contributed by atoms with Crippen molar-refractivity contribution in [3.63, 3.8) is 0 Å². The summed E-state index contributed by atoms with van der Waals surface area (Å²) < 4.78 is 6.01. The molecule has 0 saturated carbocycles. The fraction of sp³-hybridized carbons (Fsp3) is 0.684. The lowest BCUT2D eigenvalue weighted by Crippen LogP contribution is -2.40. The fourth-order valence-corrected chi connectivity index (χ4v) is 3.69. The molecule has 2 heterocycles. The summed E-state index contributed by atoms with van der Waals surface area (Å²) in [5, 5.41) is 0. The molecule has 1 aromatic rings. The van der Waals surface area contributed by atoms with Crippen LogP contribution in [0.1, 0.15) is 62.6 Å². The smallest absolute Gasteiger partial charge is 0.124 e. The Morgan fingerprint density at radius 1 is 1.18 bits per heavy atom. The van der Waals surface area contributed by atoms with E-state index in [1.807, 2.05) is 0 Å². The first-order valence-corrected chi connectivity index (χ1v) is 8.89. The summed E-state index contributed by atoms with van der Waals surface area (Å²) in [6.07, 6.45) is 5.42. The van der Waals surface area contributed by atoms with Gasteiger partial charge in [0.1, 0.15) is 5.75 Å². The highest BCUT2D eigenvalue weighted by Crippen LogP contribution is 2.36. The molecule has 2 atom stereocenters. The van der Waals surface area contributed by atoms with Gasteiger partial charge in [0.2, 0.25) is 0 Å². The number of fused-ring (bicyclic) bond motifs is 1. The van der Waals surface area contributed by atoms with Gasteiger partial charge in [0.05, 0.1) is 6.61 Å². The van der Waals surface area contributed by atoms with Gasteiger partial charge < -0.3 is 15.4 Å². The maximum atomic E-state index is 6.61. The van der Waals surface area contributed by atoms with Crippen LogP contribution in [0, 0.1) is 5.92 Å². The van der Waals surface area contributed by atoms with Crippen LogP contribution in [-0.2, 0) is 0 Å². The minimum atomic E-state index is 0.103. The van der Waals surface area contributed by atoms with Gasteiger partial charge in [0.25, 0.3) is 0 Å². The maximum absolute atomic E-state index is 6.61. The molecular weight excluding hydrogens is 272 g/mol. The predicted molar refractivity (Wildman–Crippen MR) is 91.4 cm³/mol. The van der Waals surface area contributed by atoms with Crippen molar-refractivity contribution < 1.29 is 4.74 Å². The molecule has 0 spiro atoms. The van der Waals surface area contributed by atoms with Gasteiger partial charge in [-0.3, -0.25) is 0 Å². The Balaban J connectivity index is 1.72. The fourth-order valence-electron chi connectivity index (χ4n) is 3.69. The predicted octanol–water partition coefficient (Wildman–Crippen LogP) is 3.69. The molecule has 2 aliphatic heterocycles. The lowest BCUT2D eigenvalue weighted by molar-refractivity contribution is 0.140. The van der Waals surface area contributed by atoms with Crippen LogP contribution in [-0.4, -0.2) is 31.1 Å². The standard InChI is InChI=1S/C19H30N2O/c1-14(2)15-7-8-18-17(11-15)19(20)16(13-22-18)12-21-9-5-3-4-6-10-21/h7-8,11,14,16,19H,3-6,9-10,12-13,20H2,1-2H3. The Hall–Kier alpha value is -1.06. The molecule has 0 aromatic heterocycles. The van der Waals surface area contributed by atoms with Gasteiger partial charge >= 0.3 is 0 Å². The molecule has 1 fully saturated rings. The highest BCUT2D eigenvalue weighted by atomic mass is 16.5. The van der Waals surface area contributed by atoms with Crippen LogP contribution in [0.25, 0.3) is 0 Å². The third kappa shape index (κ3) is 3.47. The minimum Gasteiger partial charge on any atom is -0.493 e. The summed E-state index contributed by atoms with van der Waals surface area (Å²) in [7, 11) is 0. The van der Waals surface area contributed by atoms with Crippen molar-refractivity contribution in [3.05, 3.63) is 29.3 Å². The molecule has 1 saturated heterocycles. The Labute approximate surface area is 134 Å². The Bertz CT molecular complexity index is 492. The van der Waals surface area contributed by atoms with Crippen LogP contribution in [0.3, 0.4) is 0 Å². The number of likely N-dealkylation sites (tertiary alicyclic amines) is 1. The molecule has 0 radical (unpaired) electrons. The van der Waals surface area contributed by atoms with Crippen LogP contribution < -0.4 is 10.5 Å². The molecule has 0 aliphatic carbocycles. The monoisotopic (exact) mass is 302 g/mol. The first-order valence-electron chi connectivity index (χ1n) is 8.89. The molecule has 2 unspecified atom stereocenters. The minimum absolute atomic E-state index is 0.103. The number of nitrogens with two attached hydrogens (primary N) is 1. The lowest BCUT2D eigenvalue weighted by atomic mass is 9.88. The quantitative estimate of drug-likeness (QED) is 0.925. The van der Waals surface area contributed by atoms with E-state index in [1.54, 1.807) is 0 Å². The van der Waals surface area contributed by atoms with Gasteiger partial charge in [-0.1, -0.05) is 38.8 Å². The van der Waals surface area contributed by atoms with E-state index in [2.05, 4.69) is 36.9 Å². The number of ether oxygens (including phenoxy) is 1. The third-order valence-corrected chi connectivity index (χ3v) is 5.21. The van der Waals surface area contributed by atoms with Crippen molar-refractivity contribution >= 4 is 0 Å². The van der Waals surface area contributed by atoms with Crippen molar-refractivity contribution in [1.82, 2.24) is 4.90 Å². The Morgan fingerprint density at radius 3 is 2.59 bits per heavy atom. The Kier molecular flexibility index (Phi) is 5.04. The van der Waals surface area contributed by atoms with Crippen LogP contribution >= 0.6 is 0 Å². The van der Waals surface area contributed by atoms with Gasteiger partial charge in [-0.2, -0.15) is 0 Å². The molecule has 2 aliphatic rings. The summed E-state index contributed by atoms with van der Waals surface area (Å²) in [4.78, 5) is 2.60. The van der Waals surface area contributed by atoms with E-state index in [0.717, 1.165) is 18.9 Å². The molecule has 3 nitrogen and oxygen atoms in total. The largest absolute Gasteiger partial charge is 0.493 e. The van der Waals surface area contributed by atoms with Crippen molar-refractivity contribution in [2.45, 2.75) is 51.5 Å². The molecule has 2 N–H and O–H groups in total. The van der Waals surface area contributed by atoms with E-state index in [1.165, 1.54) is 49.9 Å². The van der Waals surface area contributed by atoms with E-state index in [0.29, 0.717) is 11.8 Å². The molecule has 122 valence electrons. The van der Waals surface area contributed by atoms with Gasteiger partial charge in [-0.25, -0.2) is 0 Å². The lowest BCUT2D eigenvalue weighted by Gasteiger charge is -2.35. The van der Waals surface area contributed by atoms with Crippen molar-refractivity contribution in [2.24, 2.45) is 11.7 Å². The summed E-state index contributed by atoms with van der Waals surface area (Å²) in [6, 6.07) is 6.64. The first-order chi connectivity index (χ1) is 10.6. The highest BCUT2D eigenvalue weighted by Gasteiger charge is 2.30. The third-order valence-electron chi connectivity index (χ3n) is 5.21. The van der Waals surface area contributed by atoms with Crippen LogP contribution in [0.5, 0.6) is 5.75 Å². The van der Waals surface area contributed by atoms with Gasteiger partial charge in [-0.15, -0.1) is 0 Å². The molecular formula is C19H30N2O. The van der Waals surface area contributed by atoms with Gasteiger partial charge in [0.15, 0.2) is 0 Å². The second-order valence-electron chi connectivity index (χ2n) is 7.26. The average molecular weight is 302 g/mol. The van der Waals surface area contributed by atoms with Crippen molar-refractivity contribution in [1.29, 1.82) is 0 Å². The van der Waals surface area contributed by atoms with Crippen molar-refractivity contribution in [2.75, 3.05) is 26.2 Å². The Morgan fingerprint density at radius 2 is 1.91 bits per heavy atom. The van der Waals surface area contributed by atoms with E-state index < -0.39 is 0 Å². The summed E-state index contributed by atoms with van der Waals surface area (Å²) >= 11 is 0.